The van der Waals surface area contributed by atoms with E-state index < -0.39 is 38.5 Å². The zero-order valence-corrected chi connectivity index (χ0v) is 20.2. The van der Waals surface area contributed by atoms with Gasteiger partial charge in [0.25, 0.3) is 15.8 Å². The van der Waals surface area contributed by atoms with Crippen LogP contribution in [0.2, 0.25) is 10.0 Å². The lowest BCUT2D eigenvalue weighted by Crippen LogP contribution is -2.50. The second-order valence-corrected chi connectivity index (χ2v) is 10.4. The summed E-state index contributed by atoms with van der Waals surface area (Å²) in [4.78, 5) is 7.84. The van der Waals surface area contributed by atoms with E-state index in [-0.39, 0.29) is 47.9 Å². The summed E-state index contributed by atoms with van der Waals surface area (Å²) in [5, 5.41) is -0.822. The number of aromatic amines is 1. The molecule has 7 nitrogen and oxygen atoms in total. The first-order valence-electron chi connectivity index (χ1n) is 10.1. The second-order valence-electron chi connectivity index (χ2n) is 7.72. The number of halogens is 8. The Balaban J connectivity index is 1.54. The summed E-state index contributed by atoms with van der Waals surface area (Å²) in [6.07, 6.45) is -6.61. The molecule has 0 spiro atoms. The molecule has 16 heteroatoms. The van der Waals surface area contributed by atoms with Crippen molar-refractivity contribution in [3.8, 4) is 5.82 Å². The Morgan fingerprint density at radius 3 is 2.08 bits per heavy atom. The summed E-state index contributed by atoms with van der Waals surface area (Å²) >= 11 is 12.0. The minimum atomic E-state index is -4.67. The largest absolute Gasteiger partial charge is 0.419 e. The molecule has 1 fully saturated rings. The van der Waals surface area contributed by atoms with Crippen LogP contribution >= 0.6 is 23.2 Å². The molecule has 1 N–H and O–H groups in total. The highest BCUT2D eigenvalue weighted by Gasteiger charge is 2.37. The lowest BCUT2D eigenvalue weighted by molar-refractivity contribution is -0.367. The van der Waals surface area contributed by atoms with E-state index in [4.69, 9.17) is 23.2 Å². The Morgan fingerprint density at radius 1 is 0.917 bits per heavy atom. The Labute approximate surface area is 210 Å². The number of hydrogen-bond acceptors (Lipinski definition) is 4. The highest BCUT2D eigenvalue weighted by molar-refractivity contribution is 7.89. The SMILES string of the molecule is O=S(=O)(c1cccn1-c1ncc(C(F)(F)F)cc1Cl)N1CCN(c2[nH+]cc(C(F)(F)F)cc2Cl)CC1. The molecule has 0 amide bonds. The molecule has 1 aliphatic heterocycles. The monoisotopic (exact) mass is 574 g/mol. The minimum Gasteiger partial charge on any atom is -0.289 e. The van der Waals surface area contributed by atoms with E-state index in [2.05, 4.69) is 9.97 Å². The van der Waals surface area contributed by atoms with Crippen LogP contribution in [0, 0.1) is 0 Å². The molecule has 0 saturated carbocycles. The van der Waals surface area contributed by atoms with Crippen molar-refractivity contribution in [1.82, 2.24) is 13.9 Å². The van der Waals surface area contributed by atoms with Crippen molar-refractivity contribution in [2.45, 2.75) is 17.4 Å². The van der Waals surface area contributed by atoms with Gasteiger partial charge in [-0.25, -0.2) is 18.4 Å². The third-order valence-corrected chi connectivity index (χ3v) is 7.92. The Bertz CT molecular complexity index is 1390. The van der Waals surface area contributed by atoms with Crippen LogP contribution in [-0.2, 0) is 22.4 Å². The molecular weight excluding hydrogens is 559 g/mol. The molecule has 0 aromatic carbocycles. The number of hydrogen-bond donors (Lipinski definition) is 0. The first kappa shape index (κ1) is 26.5. The van der Waals surface area contributed by atoms with Gasteiger partial charge in [-0.3, -0.25) is 9.47 Å². The summed E-state index contributed by atoms with van der Waals surface area (Å²) in [6, 6.07) is 4.08. The molecule has 194 valence electrons. The van der Waals surface area contributed by atoms with Crippen LogP contribution in [0.25, 0.3) is 5.82 Å². The molecule has 36 heavy (non-hydrogen) atoms. The first-order valence-corrected chi connectivity index (χ1v) is 12.3. The predicted molar refractivity (Wildman–Crippen MR) is 118 cm³/mol. The van der Waals surface area contributed by atoms with Gasteiger partial charge >= 0.3 is 12.4 Å². The number of aromatic nitrogens is 3. The van der Waals surface area contributed by atoms with Crippen LogP contribution in [0.5, 0.6) is 0 Å². The van der Waals surface area contributed by atoms with E-state index in [1.54, 1.807) is 4.90 Å². The van der Waals surface area contributed by atoms with Gasteiger partial charge in [0.2, 0.25) is 0 Å². The fourth-order valence-corrected chi connectivity index (χ4v) is 5.77. The van der Waals surface area contributed by atoms with E-state index in [0.717, 1.165) is 21.1 Å². The maximum absolute atomic E-state index is 13.3. The van der Waals surface area contributed by atoms with Crippen LogP contribution in [0.1, 0.15) is 11.1 Å². The number of alkyl halides is 6. The third kappa shape index (κ3) is 5.12. The number of pyridine rings is 2. The van der Waals surface area contributed by atoms with Gasteiger partial charge in [0.15, 0.2) is 10.8 Å². The van der Waals surface area contributed by atoms with Crippen LogP contribution < -0.4 is 9.88 Å². The number of anilines is 1. The van der Waals surface area contributed by atoms with Gasteiger partial charge in [-0.2, -0.15) is 30.6 Å². The molecule has 0 unspecified atom stereocenters. The number of nitrogens with zero attached hydrogens (tertiary/aromatic N) is 4. The summed E-state index contributed by atoms with van der Waals surface area (Å²) in [7, 11) is -4.14. The van der Waals surface area contributed by atoms with Crippen molar-refractivity contribution in [3.05, 3.63) is 64.0 Å². The Hall–Kier alpha value is -2.55. The van der Waals surface area contributed by atoms with Crippen molar-refractivity contribution in [2.24, 2.45) is 0 Å². The third-order valence-electron chi connectivity index (χ3n) is 5.45. The highest BCUT2D eigenvalue weighted by atomic mass is 35.5. The normalized spacial score (nSPS) is 15.9. The number of piperazine rings is 1. The van der Waals surface area contributed by atoms with Gasteiger partial charge in [-0.1, -0.05) is 23.2 Å². The molecule has 1 aliphatic rings. The summed E-state index contributed by atoms with van der Waals surface area (Å²) in [6.45, 7) is 0.154. The van der Waals surface area contributed by atoms with Gasteiger partial charge in [-0.05, 0) is 24.3 Å². The lowest BCUT2D eigenvalue weighted by atomic mass is 10.2. The quantitative estimate of drug-likeness (QED) is 0.429. The summed E-state index contributed by atoms with van der Waals surface area (Å²) < 4.78 is 106. The molecule has 3 aromatic heterocycles. The maximum atomic E-state index is 13.3. The van der Waals surface area contributed by atoms with Gasteiger partial charge in [0, 0.05) is 12.4 Å². The zero-order chi connectivity index (χ0) is 26.5. The van der Waals surface area contributed by atoms with Gasteiger partial charge in [0.05, 0.1) is 42.3 Å². The second kappa shape index (κ2) is 9.39. The van der Waals surface area contributed by atoms with Crippen LogP contribution in [0.15, 0.2) is 47.9 Å². The molecule has 0 bridgehead atoms. The smallest absolute Gasteiger partial charge is 0.289 e. The van der Waals surface area contributed by atoms with Crippen molar-refractivity contribution in [3.63, 3.8) is 0 Å². The molecule has 1 saturated heterocycles. The average Bonchev–Trinajstić information content (AvgIpc) is 3.28. The molecule has 4 heterocycles. The van der Waals surface area contributed by atoms with Gasteiger partial charge in [-0.15, -0.1) is 0 Å². The highest BCUT2D eigenvalue weighted by Crippen LogP contribution is 2.34. The number of nitrogens with one attached hydrogen (secondary N) is 1. The predicted octanol–water partition coefficient (Wildman–Crippen LogP) is 4.54. The summed E-state index contributed by atoms with van der Waals surface area (Å²) in [5.41, 5.74) is -2.03. The van der Waals surface area contributed by atoms with Crippen LogP contribution in [0.4, 0.5) is 32.2 Å². The molecular formula is C20H16Cl2F6N5O2S+. The van der Waals surface area contributed by atoms with Gasteiger partial charge < -0.3 is 0 Å². The number of H-pyrrole nitrogens is 1. The van der Waals surface area contributed by atoms with E-state index in [0.29, 0.717) is 12.3 Å². The summed E-state index contributed by atoms with van der Waals surface area (Å²) in [5.74, 6) is 0.0174. The van der Waals surface area contributed by atoms with Crippen molar-refractivity contribution in [1.29, 1.82) is 0 Å². The van der Waals surface area contributed by atoms with E-state index >= 15 is 0 Å². The van der Waals surface area contributed by atoms with Crippen molar-refractivity contribution >= 4 is 39.0 Å². The molecule has 0 atom stereocenters. The fourth-order valence-electron chi connectivity index (χ4n) is 3.67. The van der Waals surface area contributed by atoms with Crippen molar-refractivity contribution in [2.75, 3.05) is 31.1 Å². The minimum absolute atomic E-state index is 0.0348. The van der Waals surface area contributed by atoms with E-state index in [9.17, 15) is 34.8 Å². The van der Waals surface area contributed by atoms with Crippen LogP contribution in [0.3, 0.4) is 0 Å². The average molecular weight is 575 g/mol. The zero-order valence-electron chi connectivity index (χ0n) is 17.9. The first-order chi connectivity index (χ1) is 16.7. The van der Waals surface area contributed by atoms with Crippen LogP contribution in [-0.4, -0.2) is 48.5 Å². The molecule has 4 rings (SSSR count). The standard InChI is InChI=1S/C20H15Cl2F6N5O2S/c21-14-8-12(19(23,24)25)10-29-17(14)31-4-6-32(7-5-31)36(34,35)16-2-1-3-33(16)18-15(22)9-13(11-30-18)20(26,27)28/h1-3,8-11H,4-7H2/p+1. The van der Waals surface area contributed by atoms with E-state index in [1.165, 1.54) is 18.3 Å². The Kier molecular flexibility index (Phi) is 6.92. The molecule has 3 aromatic rings. The molecule has 0 aliphatic carbocycles. The van der Waals surface area contributed by atoms with Crippen molar-refractivity contribution < 1.29 is 39.7 Å². The topological polar surface area (TPSA) is 72.6 Å². The number of rotatable bonds is 4. The lowest BCUT2D eigenvalue weighted by Gasteiger charge is -2.30. The maximum Gasteiger partial charge on any atom is 0.419 e. The number of sulfonamides is 1. The Morgan fingerprint density at radius 2 is 1.53 bits per heavy atom. The molecule has 0 radical (unpaired) electrons. The van der Waals surface area contributed by atoms with Gasteiger partial charge in [0.1, 0.15) is 11.2 Å². The van der Waals surface area contributed by atoms with E-state index in [1.807, 2.05) is 0 Å². The fraction of sp³-hybridized carbons (Fsp3) is 0.300.